The molecular weight excluding hydrogens is 465 g/mol. The highest BCUT2D eigenvalue weighted by atomic mass is 127. The summed E-state index contributed by atoms with van der Waals surface area (Å²) in [4.78, 5) is 6.82. The maximum atomic E-state index is 6.12. The Kier molecular flexibility index (Phi) is 7.05. The van der Waals surface area contributed by atoms with Gasteiger partial charge in [-0.15, -0.1) is 24.0 Å². The first-order valence-electron chi connectivity index (χ1n) is 9.21. The molecular formula is C19H27ClIN3O2. The van der Waals surface area contributed by atoms with Crippen molar-refractivity contribution in [2.24, 2.45) is 4.99 Å². The maximum absolute atomic E-state index is 6.12. The van der Waals surface area contributed by atoms with Crippen molar-refractivity contribution in [3.8, 4) is 0 Å². The van der Waals surface area contributed by atoms with Crippen LogP contribution in [0.3, 0.4) is 0 Å². The van der Waals surface area contributed by atoms with Crippen LogP contribution in [-0.2, 0) is 9.47 Å². The molecule has 2 heterocycles. The molecule has 26 heavy (non-hydrogen) atoms. The molecule has 1 saturated carbocycles. The molecule has 4 unspecified atom stereocenters. The molecule has 0 bridgehead atoms. The van der Waals surface area contributed by atoms with Crippen LogP contribution in [0.2, 0.25) is 5.02 Å². The monoisotopic (exact) mass is 491 g/mol. The lowest BCUT2D eigenvalue weighted by Crippen LogP contribution is -2.53. The van der Waals surface area contributed by atoms with E-state index in [0.717, 1.165) is 56.5 Å². The summed E-state index contributed by atoms with van der Waals surface area (Å²) in [5.74, 6) is 1.49. The zero-order chi connectivity index (χ0) is 17.2. The lowest BCUT2D eigenvalue weighted by molar-refractivity contribution is -0.0817. The summed E-state index contributed by atoms with van der Waals surface area (Å²) >= 11 is 6.12. The third kappa shape index (κ3) is 4.64. The van der Waals surface area contributed by atoms with Crippen molar-refractivity contribution in [1.29, 1.82) is 0 Å². The van der Waals surface area contributed by atoms with Crippen molar-refractivity contribution in [1.82, 2.24) is 10.2 Å². The Balaban J connectivity index is 0.00000196. The molecule has 144 valence electrons. The van der Waals surface area contributed by atoms with E-state index in [1.165, 1.54) is 5.56 Å². The number of rotatable bonds is 3. The highest BCUT2D eigenvalue weighted by molar-refractivity contribution is 14.0. The third-order valence-corrected chi connectivity index (χ3v) is 5.60. The number of benzene rings is 1. The molecule has 4 rings (SSSR count). The van der Waals surface area contributed by atoms with E-state index in [1.807, 2.05) is 19.2 Å². The molecule has 3 fully saturated rings. The van der Waals surface area contributed by atoms with Crippen LogP contribution in [0, 0.1) is 0 Å². The third-order valence-electron chi connectivity index (χ3n) is 5.37. The predicted octanol–water partition coefficient (Wildman–Crippen LogP) is 3.27. The molecule has 3 aliphatic rings. The van der Waals surface area contributed by atoms with Crippen molar-refractivity contribution >= 4 is 41.5 Å². The van der Waals surface area contributed by atoms with Gasteiger partial charge in [-0.05, 0) is 37.0 Å². The highest BCUT2D eigenvalue weighted by Crippen LogP contribution is 2.41. The molecule has 7 heteroatoms. The number of hydrogen-bond acceptors (Lipinski definition) is 3. The number of nitrogens with one attached hydrogen (secondary N) is 1. The van der Waals surface area contributed by atoms with Crippen molar-refractivity contribution in [3.63, 3.8) is 0 Å². The Bertz CT molecular complexity index is 639. The van der Waals surface area contributed by atoms with Crippen molar-refractivity contribution in [2.75, 3.05) is 33.4 Å². The Labute approximate surface area is 177 Å². The van der Waals surface area contributed by atoms with Gasteiger partial charge in [-0.1, -0.05) is 23.7 Å². The first-order chi connectivity index (χ1) is 12.2. The van der Waals surface area contributed by atoms with Crippen LogP contribution in [0.25, 0.3) is 0 Å². The smallest absolute Gasteiger partial charge is 0.194 e. The fraction of sp³-hybridized carbons (Fsp3) is 0.632. The summed E-state index contributed by atoms with van der Waals surface area (Å²) in [6.07, 6.45) is 3.75. The number of morpholine rings is 1. The molecule has 0 amide bonds. The van der Waals surface area contributed by atoms with Crippen LogP contribution in [0.1, 0.15) is 30.7 Å². The van der Waals surface area contributed by atoms with Crippen LogP contribution < -0.4 is 5.32 Å². The van der Waals surface area contributed by atoms with E-state index in [9.17, 15) is 0 Å². The summed E-state index contributed by atoms with van der Waals surface area (Å²) in [6.45, 7) is 3.31. The number of nitrogens with zero attached hydrogens (tertiary/aromatic N) is 2. The minimum atomic E-state index is 0. The normalized spacial score (nSPS) is 31.5. The molecule has 4 atom stereocenters. The number of guanidine groups is 1. The van der Waals surface area contributed by atoms with Crippen LogP contribution in [0.5, 0.6) is 0 Å². The standard InChI is InChI=1S/C19H26ClN3O2.HI/c1-21-19(22-16-11-15(16)13-4-2-5-14(20)10-13)23-7-9-25-18(12-23)17-6-3-8-24-17;/h2,4-5,10,15-18H,3,6-9,11-12H2,1H3,(H,21,22);1H. The van der Waals surface area contributed by atoms with Crippen LogP contribution in [0.4, 0.5) is 0 Å². The Morgan fingerprint density at radius 3 is 2.85 bits per heavy atom. The summed E-state index contributed by atoms with van der Waals surface area (Å²) < 4.78 is 11.8. The molecule has 1 N–H and O–H groups in total. The molecule has 2 saturated heterocycles. The second-order valence-electron chi connectivity index (χ2n) is 7.10. The van der Waals surface area contributed by atoms with Gasteiger partial charge < -0.3 is 19.7 Å². The summed E-state index contributed by atoms with van der Waals surface area (Å²) in [5.41, 5.74) is 1.31. The topological polar surface area (TPSA) is 46.1 Å². The Morgan fingerprint density at radius 1 is 1.27 bits per heavy atom. The second kappa shape index (κ2) is 9.08. The number of halogens is 2. The van der Waals surface area contributed by atoms with Crippen LogP contribution in [-0.4, -0.2) is 62.5 Å². The fourth-order valence-electron chi connectivity index (χ4n) is 3.91. The first-order valence-corrected chi connectivity index (χ1v) is 9.59. The molecule has 1 aromatic carbocycles. The van der Waals surface area contributed by atoms with Gasteiger partial charge in [0.1, 0.15) is 6.10 Å². The van der Waals surface area contributed by atoms with Gasteiger partial charge in [-0.3, -0.25) is 4.99 Å². The molecule has 5 nitrogen and oxygen atoms in total. The van der Waals surface area contributed by atoms with Gasteiger partial charge in [0.2, 0.25) is 0 Å². The Hall–Kier alpha value is -0.570. The van der Waals surface area contributed by atoms with Gasteiger partial charge in [0.25, 0.3) is 0 Å². The van der Waals surface area contributed by atoms with Gasteiger partial charge >= 0.3 is 0 Å². The largest absolute Gasteiger partial charge is 0.375 e. The van der Waals surface area contributed by atoms with E-state index < -0.39 is 0 Å². The zero-order valence-electron chi connectivity index (χ0n) is 15.1. The number of aliphatic imine (C=N–C) groups is 1. The fourth-order valence-corrected chi connectivity index (χ4v) is 4.11. The van der Waals surface area contributed by atoms with Crippen molar-refractivity contribution in [2.45, 2.75) is 43.4 Å². The van der Waals surface area contributed by atoms with E-state index in [4.69, 9.17) is 21.1 Å². The molecule has 0 aromatic heterocycles. The molecule has 2 aliphatic heterocycles. The lowest BCUT2D eigenvalue weighted by Gasteiger charge is -2.37. The van der Waals surface area contributed by atoms with Gasteiger partial charge in [-0.2, -0.15) is 0 Å². The molecule has 1 aromatic rings. The quantitative estimate of drug-likeness (QED) is 0.401. The van der Waals surface area contributed by atoms with Crippen LogP contribution >= 0.6 is 35.6 Å². The summed E-state index contributed by atoms with van der Waals surface area (Å²) in [5, 5.41) is 4.43. The average Bonchev–Trinajstić information content (AvgIpc) is 3.19. The van der Waals surface area contributed by atoms with Crippen LogP contribution in [0.15, 0.2) is 29.3 Å². The average molecular weight is 492 g/mol. The van der Waals surface area contributed by atoms with Gasteiger partial charge in [0.05, 0.1) is 12.7 Å². The molecule has 0 spiro atoms. The van der Waals surface area contributed by atoms with E-state index in [0.29, 0.717) is 12.0 Å². The maximum Gasteiger partial charge on any atom is 0.194 e. The molecule has 0 radical (unpaired) electrons. The van der Waals surface area contributed by atoms with Crippen molar-refractivity contribution in [3.05, 3.63) is 34.9 Å². The van der Waals surface area contributed by atoms with Crippen molar-refractivity contribution < 1.29 is 9.47 Å². The zero-order valence-corrected chi connectivity index (χ0v) is 18.2. The Morgan fingerprint density at radius 2 is 2.12 bits per heavy atom. The van der Waals surface area contributed by atoms with E-state index in [-0.39, 0.29) is 36.2 Å². The van der Waals surface area contributed by atoms with E-state index >= 15 is 0 Å². The minimum Gasteiger partial charge on any atom is -0.375 e. The second-order valence-corrected chi connectivity index (χ2v) is 7.54. The highest BCUT2D eigenvalue weighted by Gasteiger charge is 2.40. The summed E-state index contributed by atoms with van der Waals surface area (Å²) in [6, 6.07) is 8.60. The van der Waals surface area contributed by atoms with E-state index in [1.54, 1.807) is 0 Å². The van der Waals surface area contributed by atoms with E-state index in [2.05, 4.69) is 27.3 Å². The van der Waals surface area contributed by atoms with Gasteiger partial charge in [-0.25, -0.2) is 0 Å². The predicted molar refractivity (Wildman–Crippen MR) is 115 cm³/mol. The SMILES string of the molecule is CN=C(NC1CC1c1cccc(Cl)c1)N1CCOC(C2CCCO2)C1.I. The lowest BCUT2D eigenvalue weighted by atomic mass is 10.1. The first kappa shape index (κ1) is 20.2. The van der Waals surface area contributed by atoms with Gasteiger partial charge in [0, 0.05) is 43.7 Å². The minimum absolute atomic E-state index is 0. The van der Waals surface area contributed by atoms with Gasteiger partial charge in [0.15, 0.2) is 5.96 Å². The molecule has 1 aliphatic carbocycles. The summed E-state index contributed by atoms with van der Waals surface area (Å²) in [7, 11) is 1.86. The number of hydrogen-bond donors (Lipinski definition) is 1. The number of ether oxygens (including phenoxy) is 2.